The van der Waals surface area contributed by atoms with E-state index in [0.717, 1.165) is 24.1 Å². The molecule has 2 aromatic rings. The largest absolute Gasteiger partial charge is 0.481 e. The SMILES string of the molecule is Cc1ccc(Cn2c(Cl)nc(C#CC(C)(C)O)c2C(=O)NCC2CCC(C(=O)O)CC2)cn1. The molecule has 9 heteroatoms. The van der Waals surface area contributed by atoms with Crippen molar-refractivity contribution in [3.05, 3.63) is 46.3 Å². The molecule has 0 unspecified atom stereocenters. The van der Waals surface area contributed by atoms with Crippen LogP contribution in [0, 0.1) is 30.6 Å². The van der Waals surface area contributed by atoms with Crippen molar-refractivity contribution >= 4 is 23.5 Å². The average Bonchev–Trinajstić information content (AvgIpc) is 3.07. The second-order valence-electron chi connectivity index (χ2n) is 9.05. The molecule has 176 valence electrons. The highest BCUT2D eigenvalue weighted by Crippen LogP contribution is 2.28. The van der Waals surface area contributed by atoms with Crippen LogP contribution in [0.5, 0.6) is 0 Å². The molecule has 33 heavy (non-hydrogen) atoms. The third-order valence-electron chi connectivity index (χ3n) is 5.68. The van der Waals surface area contributed by atoms with Crippen LogP contribution in [0.1, 0.15) is 67.0 Å². The lowest BCUT2D eigenvalue weighted by molar-refractivity contribution is -0.143. The fourth-order valence-corrected chi connectivity index (χ4v) is 4.04. The highest BCUT2D eigenvalue weighted by molar-refractivity contribution is 6.29. The molecule has 0 saturated heterocycles. The number of hydrogen-bond acceptors (Lipinski definition) is 5. The topological polar surface area (TPSA) is 117 Å². The molecule has 3 rings (SSSR count). The van der Waals surface area contributed by atoms with Crippen LogP contribution in [0.25, 0.3) is 0 Å². The van der Waals surface area contributed by atoms with Crippen molar-refractivity contribution in [2.24, 2.45) is 11.8 Å². The van der Waals surface area contributed by atoms with Crippen molar-refractivity contribution < 1.29 is 19.8 Å². The molecule has 0 radical (unpaired) electrons. The number of aliphatic hydroxyl groups is 1. The maximum absolute atomic E-state index is 13.2. The molecular weight excluding hydrogens is 444 g/mol. The monoisotopic (exact) mass is 472 g/mol. The van der Waals surface area contributed by atoms with Crippen LogP contribution >= 0.6 is 11.6 Å². The molecule has 1 amide bonds. The van der Waals surface area contributed by atoms with E-state index in [-0.39, 0.29) is 41.0 Å². The number of carbonyl (C=O) groups is 2. The number of pyridine rings is 1. The fraction of sp³-hybridized carbons (Fsp3) is 0.500. The maximum Gasteiger partial charge on any atom is 0.306 e. The van der Waals surface area contributed by atoms with Gasteiger partial charge in [-0.25, -0.2) is 4.98 Å². The number of halogens is 1. The van der Waals surface area contributed by atoms with Gasteiger partial charge in [-0.2, -0.15) is 0 Å². The van der Waals surface area contributed by atoms with Crippen LogP contribution in [0.2, 0.25) is 5.28 Å². The molecule has 2 aromatic heterocycles. The lowest BCUT2D eigenvalue weighted by Crippen LogP contribution is -2.34. The lowest BCUT2D eigenvalue weighted by Gasteiger charge is -2.26. The Hall–Kier alpha value is -2.89. The predicted molar refractivity (Wildman–Crippen MR) is 124 cm³/mol. The first-order valence-corrected chi connectivity index (χ1v) is 11.4. The Kier molecular flexibility index (Phi) is 7.77. The summed E-state index contributed by atoms with van der Waals surface area (Å²) < 4.78 is 1.58. The van der Waals surface area contributed by atoms with E-state index in [0.29, 0.717) is 19.4 Å². The van der Waals surface area contributed by atoms with Gasteiger partial charge < -0.3 is 20.1 Å². The summed E-state index contributed by atoms with van der Waals surface area (Å²) in [5.74, 6) is 4.27. The van der Waals surface area contributed by atoms with E-state index in [1.165, 1.54) is 0 Å². The molecule has 0 atom stereocenters. The van der Waals surface area contributed by atoms with Gasteiger partial charge in [0.25, 0.3) is 5.91 Å². The van der Waals surface area contributed by atoms with Crippen molar-refractivity contribution in [3.63, 3.8) is 0 Å². The van der Waals surface area contributed by atoms with Crippen LogP contribution < -0.4 is 5.32 Å². The van der Waals surface area contributed by atoms with E-state index in [4.69, 9.17) is 11.6 Å². The number of amides is 1. The number of imidazole rings is 1. The number of aliphatic carboxylic acids is 1. The van der Waals surface area contributed by atoms with Gasteiger partial charge in [-0.3, -0.25) is 14.6 Å². The average molecular weight is 473 g/mol. The second kappa shape index (κ2) is 10.4. The summed E-state index contributed by atoms with van der Waals surface area (Å²) in [6.07, 6.45) is 4.44. The minimum absolute atomic E-state index is 0.114. The zero-order valence-electron chi connectivity index (χ0n) is 19.1. The van der Waals surface area contributed by atoms with E-state index in [1.54, 1.807) is 24.6 Å². The van der Waals surface area contributed by atoms with Crippen molar-refractivity contribution in [2.45, 2.75) is 58.6 Å². The third kappa shape index (κ3) is 6.80. The maximum atomic E-state index is 13.2. The summed E-state index contributed by atoms with van der Waals surface area (Å²) in [5.41, 5.74) is 0.879. The zero-order valence-corrected chi connectivity index (χ0v) is 19.8. The Bertz CT molecular complexity index is 1070. The first-order chi connectivity index (χ1) is 15.5. The molecule has 0 aliphatic heterocycles. The molecule has 3 N–H and O–H groups in total. The molecule has 2 heterocycles. The van der Waals surface area contributed by atoms with E-state index >= 15 is 0 Å². The van der Waals surface area contributed by atoms with Gasteiger partial charge in [-0.15, -0.1) is 0 Å². The molecule has 0 aromatic carbocycles. The van der Waals surface area contributed by atoms with Crippen molar-refractivity contribution in [1.82, 2.24) is 19.9 Å². The van der Waals surface area contributed by atoms with Crippen LogP contribution in [0.3, 0.4) is 0 Å². The summed E-state index contributed by atoms with van der Waals surface area (Å²) >= 11 is 6.39. The summed E-state index contributed by atoms with van der Waals surface area (Å²) in [6.45, 7) is 5.70. The number of nitrogens with zero attached hydrogens (tertiary/aromatic N) is 3. The van der Waals surface area contributed by atoms with Crippen LogP contribution in [-0.2, 0) is 11.3 Å². The lowest BCUT2D eigenvalue weighted by atomic mass is 9.82. The smallest absolute Gasteiger partial charge is 0.306 e. The van der Waals surface area contributed by atoms with Crippen LogP contribution in [0.15, 0.2) is 18.3 Å². The Morgan fingerprint density at radius 3 is 2.55 bits per heavy atom. The fourth-order valence-electron chi connectivity index (χ4n) is 3.81. The standard InChI is InChI=1S/C24H29ClN4O4/c1-15-4-5-17(13-26-15)14-29-20(19(28-23(29)25)10-11-24(2,3)33)21(30)27-12-16-6-8-18(9-7-16)22(31)32/h4-5,13,16,18,33H,6-9,12,14H2,1-3H3,(H,27,30)(H,31,32). The van der Waals surface area contributed by atoms with Gasteiger partial charge in [-0.1, -0.05) is 12.0 Å². The molecule has 1 aliphatic carbocycles. The molecule has 1 fully saturated rings. The Labute approximate surface area is 198 Å². The van der Waals surface area contributed by atoms with Gasteiger partial charge in [0.1, 0.15) is 17.0 Å². The number of carboxylic acid groups (broad SMARTS) is 1. The van der Waals surface area contributed by atoms with Gasteiger partial charge in [0.2, 0.25) is 5.28 Å². The molecule has 1 aliphatic rings. The number of carbonyl (C=O) groups excluding carboxylic acids is 1. The van der Waals surface area contributed by atoms with Crippen LogP contribution in [0.4, 0.5) is 0 Å². The first kappa shape index (κ1) is 24.7. The normalized spacial score (nSPS) is 18.3. The summed E-state index contributed by atoms with van der Waals surface area (Å²) in [5, 5.41) is 22.2. The third-order valence-corrected chi connectivity index (χ3v) is 5.97. The minimum Gasteiger partial charge on any atom is -0.481 e. The highest BCUT2D eigenvalue weighted by atomic mass is 35.5. The number of aryl methyl sites for hydroxylation is 1. The number of carboxylic acids is 1. The van der Waals surface area contributed by atoms with E-state index in [9.17, 15) is 19.8 Å². The van der Waals surface area contributed by atoms with Gasteiger partial charge in [0.05, 0.1) is 12.5 Å². The van der Waals surface area contributed by atoms with Crippen molar-refractivity contribution in [3.8, 4) is 11.8 Å². The quantitative estimate of drug-likeness (QED) is 0.556. The molecular formula is C24H29ClN4O4. The Morgan fingerprint density at radius 2 is 1.97 bits per heavy atom. The second-order valence-corrected chi connectivity index (χ2v) is 9.39. The first-order valence-electron chi connectivity index (χ1n) is 11.0. The van der Waals surface area contributed by atoms with Gasteiger partial charge in [0.15, 0.2) is 0 Å². The number of hydrogen-bond donors (Lipinski definition) is 3. The number of rotatable bonds is 6. The van der Waals surface area contributed by atoms with Gasteiger partial charge in [-0.05, 0) is 81.5 Å². The molecule has 8 nitrogen and oxygen atoms in total. The summed E-state index contributed by atoms with van der Waals surface area (Å²) in [6, 6.07) is 3.78. The molecule has 0 spiro atoms. The Morgan fingerprint density at radius 1 is 1.27 bits per heavy atom. The van der Waals surface area contributed by atoms with Crippen molar-refractivity contribution in [2.75, 3.05) is 6.54 Å². The van der Waals surface area contributed by atoms with Gasteiger partial charge >= 0.3 is 5.97 Å². The highest BCUT2D eigenvalue weighted by Gasteiger charge is 2.27. The number of aromatic nitrogens is 3. The van der Waals surface area contributed by atoms with E-state index in [2.05, 4.69) is 27.1 Å². The van der Waals surface area contributed by atoms with Crippen LogP contribution in [-0.4, -0.2) is 48.8 Å². The minimum atomic E-state index is -1.26. The molecule has 1 saturated carbocycles. The predicted octanol–water partition coefficient (Wildman–Crippen LogP) is 3.03. The summed E-state index contributed by atoms with van der Waals surface area (Å²) in [7, 11) is 0. The zero-order chi connectivity index (χ0) is 24.2. The number of nitrogens with one attached hydrogen (secondary N) is 1. The van der Waals surface area contributed by atoms with Crippen molar-refractivity contribution in [1.29, 1.82) is 0 Å². The summed E-state index contributed by atoms with van der Waals surface area (Å²) in [4.78, 5) is 32.9. The Balaban J connectivity index is 1.82. The van der Waals surface area contributed by atoms with E-state index < -0.39 is 11.6 Å². The molecule has 0 bridgehead atoms. The van der Waals surface area contributed by atoms with E-state index in [1.807, 2.05) is 19.1 Å². The van der Waals surface area contributed by atoms with Gasteiger partial charge in [0, 0.05) is 18.4 Å².